The van der Waals surface area contributed by atoms with Crippen LogP contribution in [0, 0.1) is 34.8 Å². The van der Waals surface area contributed by atoms with Gasteiger partial charge in [-0.15, -0.1) is 36.1 Å². The summed E-state index contributed by atoms with van der Waals surface area (Å²) >= 11 is 1.81. The zero-order valence-corrected chi connectivity index (χ0v) is 19.8. The van der Waals surface area contributed by atoms with Gasteiger partial charge < -0.3 is 28.7 Å². The fourth-order valence-corrected chi connectivity index (χ4v) is 1.41. The van der Waals surface area contributed by atoms with Crippen LogP contribution in [0.1, 0.15) is 46.0 Å². The molecule has 0 atom stereocenters. The van der Waals surface area contributed by atoms with Crippen LogP contribution in [0.5, 0.6) is 0 Å². The molecule has 2 heteroatoms. The third-order valence-corrected chi connectivity index (χ3v) is 2.84. The van der Waals surface area contributed by atoms with Crippen LogP contribution in [-0.2, 0) is 19.2 Å². The summed E-state index contributed by atoms with van der Waals surface area (Å²) < 4.78 is 0. The minimum absolute atomic E-state index is 0. The fraction of sp³-hybridized carbons (Fsp3) is 0.292. The quantitative estimate of drug-likeness (QED) is 0.359. The van der Waals surface area contributed by atoms with Crippen LogP contribution in [0.2, 0.25) is 0 Å². The van der Waals surface area contributed by atoms with Crippen molar-refractivity contribution in [1.82, 2.24) is 0 Å². The number of allylic oxidation sites excluding steroid dienone is 4. The second-order valence-corrected chi connectivity index (χ2v) is 4.86. The standard InChI is InChI=1S/C9H7.C5H5.2C4H9.2CH3.Si.Ti/c1-2-5-9-7-3-6-8(9)4-1;1-2-4-5-3-1;2*1-3-4-2;;;;/h1-7H;1-3H,4H2;2*1,3-4H2,2H3;2*1H3;;/q6*-1;;. The molecular weight excluding hydrogens is 364 g/mol. The van der Waals surface area contributed by atoms with E-state index < -0.39 is 0 Å². The average Bonchev–Trinajstić information content (AvgIpc) is 3.38. The van der Waals surface area contributed by atoms with Gasteiger partial charge in [0.1, 0.15) is 0 Å². The third-order valence-electron chi connectivity index (χ3n) is 2.84. The first-order valence-electron chi connectivity index (χ1n) is 8.45. The Morgan fingerprint density at radius 3 is 1.92 bits per heavy atom. The van der Waals surface area contributed by atoms with E-state index in [0.717, 1.165) is 19.3 Å². The Balaban J connectivity index is -0.000000125. The van der Waals surface area contributed by atoms with E-state index in [1.807, 2.05) is 12.2 Å². The molecule has 0 saturated heterocycles. The van der Waals surface area contributed by atoms with Crippen molar-refractivity contribution in [2.75, 3.05) is 0 Å². The van der Waals surface area contributed by atoms with E-state index in [1.54, 1.807) is 19.2 Å². The molecule has 146 valence electrons. The normalized spacial score (nSPS) is 9.35. The molecule has 0 fully saturated rings. The van der Waals surface area contributed by atoms with Gasteiger partial charge in [-0.2, -0.15) is 36.4 Å². The number of hydrogen-bond donors (Lipinski definition) is 0. The first-order chi connectivity index (χ1) is 11.8. The van der Waals surface area contributed by atoms with Crippen molar-refractivity contribution in [3.8, 4) is 0 Å². The fourth-order valence-electron chi connectivity index (χ4n) is 1.41. The average molecular weight is 401 g/mol. The van der Waals surface area contributed by atoms with Gasteiger partial charge in [-0.1, -0.05) is 32.8 Å². The molecule has 2 aromatic carbocycles. The van der Waals surface area contributed by atoms with Crippen LogP contribution in [0.4, 0.5) is 0 Å². The van der Waals surface area contributed by atoms with E-state index in [2.05, 4.69) is 89.9 Å². The summed E-state index contributed by atoms with van der Waals surface area (Å²) in [6, 6.07) is 14.7. The number of rotatable bonds is 2. The monoisotopic (exact) mass is 400 g/mol. The summed E-state index contributed by atoms with van der Waals surface area (Å²) in [7, 11) is 2.97. The molecule has 0 nitrogen and oxygen atoms in total. The second kappa shape index (κ2) is 29.0. The zero-order valence-electron chi connectivity index (χ0n) is 17.2. The smallest absolute Gasteiger partial charge is 0.0809 e. The molecule has 0 aromatic heterocycles. The second-order valence-electron chi connectivity index (χ2n) is 4.86. The molecule has 2 aromatic rings. The van der Waals surface area contributed by atoms with E-state index in [1.165, 1.54) is 23.6 Å². The third kappa shape index (κ3) is 21.3. The first-order valence-corrected chi connectivity index (χ1v) is 11.3. The van der Waals surface area contributed by atoms with Crippen LogP contribution in [-0.4, -0.2) is 7.63 Å². The Kier molecular flexibility index (Phi) is 36.7. The molecule has 0 N–H and O–H groups in total. The van der Waals surface area contributed by atoms with Gasteiger partial charge in [0, 0.05) is 0 Å². The Hall–Kier alpha value is -0.759. The van der Waals surface area contributed by atoms with E-state index in [4.69, 9.17) is 0 Å². The zero-order chi connectivity index (χ0) is 18.5. The van der Waals surface area contributed by atoms with E-state index >= 15 is 0 Å². The summed E-state index contributed by atoms with van der Waals surface area (Å²) in [5, 5.41) is 2.66. The van der Waals surface area contributed by atoms with Gasteiger partial charge in [0.15, 0.2) is 0 Å². The summed E-state index contributed by atoms with van der Waals surface area (Å²) in [5.74, 6) is 0. The molecule has 0 bridgehead atoms. The molecule has 2 radical (unpaired) electrons. The molecule has 1 aliphatic carbocycles. The Labute approximate surface area is 178 Å². The maximum Gasteiger partial charge on any atom is -0.0809 e. The molecule has 1 aliphatic rings. The number of hydrogen-bond acceptors (Lipinski definition) is 0. The molecule has 0 spiro atoms. The van der Waals surface area contributed by atoms with E-state index in [-0.39, 0.29) is 14.9 Å². The van der Waals surface area contributed by atoms with Crippen molar-refractivity contribution in [3.63, 3.8) is 0 Å². The van der Waals surface area contributed by atoms with E-state index in [0.29, 0.717) is 0 Å². The van der Waals surface area contributed by atoms with Crippen molar-refractivity contribution >= 4 is 18.4 Å². The molecular formula is C24H36SiTi-6. The maximum absolute atomic E-state index is 3.60. The number of unbranched alkanes of at least 4 members (excludes halogenated alkanes) is 2. The van der Waals surface area contributed by atoms with Crippen LogP contribution in [0.25, 0.3) is 10.8 Å². The van der Waals surface area contributed by atoms with Gasteiger partial charge >= 0.3 is 26.8 Å². The summed E-state index contributed by atoms with van der Waals surface area (Å²) in [6.45, 7) is 11.4. The molecule has 0 saturated carbocycles. The number of fused-ring (bicyclic) bond motifs is 1. The molecule has 26 heavy (non-hydrogen) atoms. The predicted octanol–water partition coefficient (Wildman–Crippen LogP) is 7.62. The summed E-state index contributed by atoms with van der Waals surface area (Å²) in [5.41, 5.74) is 0. The predicted molar refractivity (Wildman–Crippen MR) is 120 cm³/mol. The Morgan fingerprint density at radius 1 is 1.04 bits per heavy atom. The van der Waals surface area contributed by atoms with Crippen molar-refractivity contribution in [2.24, 2.45) is 0 Å². The van der Waals surface area contributed by atoms with Gasteiger partial charge in [0.25, 0.3) is 0 Å². The topological polar surface area (TPSA) is 0 Å². The van der Waals surface area contributed by atoms with Gasteiger partial charge in [0.05, 0.1) is 0 Å². The first kappa shape index (κ1) is 32.9. The van der Waals surface area contributed by atoms with Gasteiger partial charge in [-0.25, -0.2) is 12.2 Å². The van der Waals surface area contributed by atoms with Crippen LogP contribution < -0.4 is 0 Å². The van der Waals surface area contributed by atoms with Crippen molar-refractivity contribution in [2.45, 2.75) is 46.0 Å². The summed E-state index contributed by atoms with van der Waals surface area (Å²) in [6.07, 6.45) is 14.6. The Morgan fingerprint density at radius 2 is 1.58 bits per heavy atom. The number of benzene rings is 1. The minimum atomic E-state index is 0. The minimum Gasteiger partial charge on any atom is -0.168 e. The molecule has 0 aliphatic heterocycles. The van der Waals surface area contributed by atoms with Crippen molar-refractivity contribution < 1.29 is 19.2 Å². The van der Waals surface area contributed by atoms with Crippen LogP contribution in [0.3, 0.4) is 0 Å². The molecule has 0 heterocycles. The van der Waals surface area contributed by atoms with Crippen LogP contribution in [0.15, 0.2) is 60.7 Å². The van der Waals surface area contributed by atoms with Gasteiger partial charge in [-0.05, 0) is 0 Å². The Bertz CT molecular complexity index is 477. The van der Waals surface area contributed by atoms with Gasteiger partial charge in [-0.3, -0.25) is 6.08 Å². The van der Waals surface area contributed by atoms with Crippen LogP contribution >= 0.6 is 0 Å². The largest absolute Gasteiger partial charge is 0.168 e. The molecule has 0 amide bonds. The summed E-state index contributed by atoms with van der Waals surface area (Å²) in [4.78, 5) is 0. The van der Waals surface area contributed by atoms with Crippen molar-refractivity contribution in [3.05, 3.63) is 95.5 Å². The van der Waals surface area contributed by atoms with Crippen molar-refractivity contribution in [1.29, 1.82) is 0 Å². The molecule has 3 rings (SSSR count). The van der Waals surface area contributed by atoms with Gasteiger partial charge in [0.2, 0.25) is 0 Å². The van der Waals surface area contributed by atoms with E-state index in [9.17, 15) is 0 Å². The molecule has 0 unspecified atom stereocenters. The SMILES string of the molecule is [C-]1=CC=CC1.[CH2-]CCC.[CH2-]CCC.[CH3-].[CH3-].[Si]=[Ti].c1ccc2[cH-]ccc2c1. The maximum atomic E-state index is 3.60.